The molecule has 0 aromatic carbocycles. The molecule has 0 bridgehead atoms. The van der Waals surface area contributed by atoms with E-state index in [0.717, 1.165) is 5.69 Å². The van der Waals surface area contributed by atoms with Crippen LogP contribution in [-0.4, -0.2) is 25.4 Å². The Labute approximate surface area is 122 Å². The predicted octanol–water partition coefficient (Wildman–Crippen LogP) is 2.50. The Morgan fingerprint density at radius 1 is 1.35 bits per heavy atom. The molecular weight excluding hydrogens is 296 g/mol. The molecule has 2 aromatic heterocycles. The molecule has 2 heterocycles. The van der Waals surface area contributed by atoms with Crippen LogP contribution in [0.3, 0.4) is 0 Å². The second-order valence-electron chi connectivity index (χ2n) is 4.44. The Bertz CT molecular complexity index is 695. The summed E-state index contributed by atoms with van der Waals surface area (Å²) in [6.45, 7) is 4.01. The zero-order valence-electron chi connectivity index (χ0n) is 11.4. The van der Waals surface area contributed by atoms with Crippen molar-refractivity contribution in [3.63, 3.8) is 0 Å². The fourth-order valence-corrected chi connectivity index (χ4v) is 3.83. The highest BCUT2D eigenvalue weighted by atomic mass is 32.2. The molecule has 20 heavy (non-hydrogen) atoms. The number of pyridine rings is 1. The lowest BCUT2D eigenvalue weighted by Crippen LogP contribution is -2.16. The molecule has 0 aliphatic carbocycles. The number of hydrogen-bond donors (Lipinski definition) is 2. The van der Waals surface area contributed by atoms with Gasteiger partial charge in [-0.1, -0.05) is 13.8 Å². The first-order chi connectivity index (χ1) is 9.44. The van der Waals surface area contributed by atoms with E-state index in [1.165, 1.54) is 17.5 Å². The number of anilines is 2. The summed E-state index contributed by atoms with van der Waals surface area (Å²) in [4.78, 5) is 8.18. The Morgan fingerprint density at radius 2 is 2.10 bits per heavy atom. The molecule has 0 unspecified atom stereocenters. The highest BCUT2D eigenvalue weighted by Crippen LogP contribution is 2.25. The summed E-state index contributed by atoms with van der Waals surface area (Å²) in [6, 6.07) is 3.33. The molecule has 0 aliphatic rings. The minimum atomic E-state index is -3.74. The van der Waals surface area contributed by atoms with Gasteiger partial charge in [0.2, 0.25) is 0 Å². The highest BCUT2D eigenvalue weighted by Gasteiger charge is 2.21. The second kappa shape index (κ2) is 5.76. The van der Waals surface area contributed by atoms with Crippen LogP contribution in [0.1, 0.15) is 25.5 Å². The molecule has 0 saturated heterocycles. The average molecular weight is 312 g/mol. The minimum absolute atomic E-state index is 0.0382. The van der Waals surface area contributed by atoms with Crippen LogP contribution in [0.4, 0.5) is 10.8 Å². The quantitative estimate of drug-likeness (QED) is 0.886. The SMILES string of the molecule is CNc1cccnc1S(=O)(=O)Nc1nc(C(C)C)cs1. The lowest BCUT2D eigenvalue weighted by Gasteiger charge is -2.08. The van der Waals surface area contributed by atoms with E-state index in [4.69, 9.17) is 0 Å². The Morgan fingerprint density at radius 3 is 2.70 bits per heavy atom. The molecule has 0 aliphatic heterocycles. The molecule has 0 fully saturated rings. The Hall–Kier alpha value is -1.67. The lowest BCUT2D eigenvalue weighted by molar-refractivity contribution is 0.598. The van der Waals surface area contributed by atoms with Gasteiger partial charge in [0.1, 0.15) is 0 Å². The van der Waals surface area contributed by atoms with Crippen molar-refractivity contribution in [2.75, 3.05) is 17.1 Å². The van der Waals surface area contributed by atoms with Crippen LogP contribution in [0.5, 0.6) is 0 Å². The third-order valence-electron chi connectivity index (χ3n) is 2.63. The van der Waals surface area contributed by atoms with Gasteiger partial charge in [0.25, 0.3) is 10.0 Å². The molecule has 0 saturated carbocycles. The monoisotopic (exact) mass is 312 g/mol. The Kier molecular flexibility index (Phi) is 4.24. The van der Waals surface area contributed by atoms with E-state index in [1.54, 1.807) is 19.2 Å². The number of nitrogens with zero attached hydrogens (tertiary/aromatic N) is 2. The van der Waals surface area contributed by atoms with Crippen molar-refractivity contribution in [2.45, 2.75) is 24.8 Å². The maximum atomic E-state index is 12.3. The largest absolute Gasteiger partial charge is 0.386 e. The maximum Gasteiger partial charge on any atom is 0.283 e. The summed E-state index contributed by atoms with van der Waals surface area (Å²) < 4.78 is 27.1. The second-order valence-corrected chi connectivity index (χ2v) is 6.90. The first-order valence-electron chi connectivity index (χ1n) is 6.05. The molecule has 8 heteroatoms. The van der Waals surface area contributed by atoms with Crippen LogP contribution in [0, 0.1) is 0 Å². The Balaban J connectivity index is 2.31. The summed E-state index contributed by atoms with van der Waals surface area (Å²) in [5, 5.41) is 4.97. The number of hydrogen-bond acceptors (Lipinski definition) is 6. The normalized spacial score (nSPS) is 11.6. The first-order valence-corrected chi connectivity index (χ1v) is 8.41. The smallest absolute Gasteiger partial charge is 0.283 e. The van der Waals surface area contributed by atoms with E-state index >= 15 is 0 Å². The third kappa shape index (κ3) is 3.07. The van der Waals surface area contributed by atoms with Crippen molar-refractivity contribution in [1.82, 2.24) is 9.97 Å². The average Bonchev–Trinajstić information content (AvgIpc) is 2.86. The topological polar surface area (TPSA) is 84.0 Å². The minimum Gasteiger partial charge on any atom is -0.386 e. The number of thiazole rings is 1. The number of sulfonamides is 1. The van der Waals surface area contributed by atoms with Gasteiger partial charge in [0, 0.05) is 18.6 Å². The molecule has 6 nitrogen and oxygen atoms in total. The summed E-state index contributed by atoms with van der Waals surface area (Å²) >= 11 is 1.26. The lowest BCUT2D eigenvalue weighted by atomic mass is 10.2. The van der Waals surface area contributed by atoms with E-state index in [-0.39, 0.29) is 10.9 Å². The maximum absolute atomic E-state index is 12.3. The van der Waals surface area contributed by atoms with Crippen molar-refractivity contribution in [3.05, 3.63) is 29.4 Å². The van der Waals surface area contributed by atoms with Gasteiger partial charge < -0.3 is 5.32 Å². The van der Waals surface area contributed by atoms with Gasteiger partial charge in [-0.15, -0.1) is 11.3 Å². The first kappa shape index (κ1) is 14.7. The number of rotatable bonds is 5. The van der Waals surface area contributed by atoms with Crippen LogP contribution in [0.15, 0.2) is 28.7 Å². The summed E-state index contributed by atoms with van der Waals surface area (Å²) in [6.07, 6.45) is 1.44. The molecule has 2 aromatic rings. The van der Waals surface area contributed by atoms with E-state index in [1.807, 2.05) is 19.2 Å². The van der Waals surface area contributed by atoms with Crippen LogP contribution in [0.2, 0.25) is 0 Å². The van der Waals surface area contributed by atoms with Crippen LogP contribution < -0.4 is 10.0 Å². The van der Waals surface area contributed by atoms with Crippen molar-refractivity contribution < 1.29 is 8.42 Å². The van der Waals surface area contributed by atoms with Gasteiger partial charge in [-0.05, 0) is 18.1 Å². The molecule has 2 N–H and O–H groups in total. The van der Waals surface area contributed by atoms with Gasteiger partial charge in [-0.2, -0.15) is 8.42 Å². The summed E-state index contributed by atoms with van der Waals surface area (Å²) in [5.74, 6) is 0.257. The molecule has 0 spiro atoms. The van der Waals surface area contributed by atoms with Gasteiger partial charge >= 0.3 is 0 Å². The van der Waals surface area contributed by atoms with E-state index < -0.39 is 10.0 Å². The standard InChI is InChI=1S/C12H16N4O2S2/c1-8(2)10-7-19-12(15-10)16-20(17,18)11-9(13-3)5-4-6-14-11/h4-8,13H,1-3H3,(H,15,16). The fourth-order valence-electron chi connectivity index (χ4n) is 1.56. The van der Waals surface area contributed by atoms with Gasteiger partial charge in [-0.3, -0.25) is 4.72 Å². The molecular formula is C12H16N4O2S2. The molecule has 108 valence electrons. The number of aromatic nitrogens is 2. The van der Waals surface area contributed by atoms with Gasteiger partial charge in [-0.25, -0.2) is 9.97 Å². The van der Waals surface area contributed by atoms with Crippen LogP contribution in [0.25, 0.3) is 0 Å². The van der Waals surface area contributed by atoms with Crippen molar-refractivity contribution in [3.8, 4) is 0 Å². The van der Waals surface area contributed by atoms with E-state index in [2.05, 4.69) is 20.0 Å². The van der Waals surface area contributed by atoms with Crippen molar-refractivity contribution in [1.29, 1.82) is 0 Å². The zero-order chi connectivity index (χ0) is 14.8. The van der Waals surface area contributed by atoms with Crippen molar-refractivity contribution >= 4 is 32.2 Å². The predicted molar refractivity (Wildman–Crippen MR) is 80.8 cm³/mol. The molecule has 2 rings (SSSR count). The highest BCUT2D eigenvalue weighted by molar-refractivity contribution is 7.93. The van der Waals surface area contributed by atoms with E-state index in [9.17, 15) is 8.42 Å². The summed E-state index contributed by atoms with van der Waals surface area (Å²) in [7, 11) is -2.10. The van der Waals surface area contributed by atoms with Crippen LogP contribution >= 0.6 is 11.3 Å². The number of nitrogens with one attached hydrogen (secondary N) is 2. The van der Waals surface area contributed by atoms with Gasteiger partial charge in [0.15, 0.2) is 10.2 Å². The molecule has 0 amide bonds. The zero-order valence-corrected chi connectivity index (χ0v) is 13.0. The summed E-state index contributed by atoms with van der Waals surface area (Å²) in [5.41, 5.74) is 1.31. The van der Waals surface area contributed by atoms with E-state index in [0.29, 0.717) is 10.8 Å². The fraction of sp³-hybridized carbons (Fsp3) is 0.333. The van der Waals surface area contributed by atoms with Crippen molar-refractivity contribution in [2.24, 2.45) is 0 Å². The molecule has 0 atom stereocenters. The van der Waals surface area contributed by atoms with Gasteiger partial charge in [0.05, 0.1) is 11.4 Å². The third-order valence-corrected chi connectivity index (χ3v) is 4.83. The molecule has 0 radical (unpaired) electrons. The van der Waals surface area contributed by atoms with Crippen LogP contribution in [-0.2, 0) is 10.0 Å².